The van der Waals surface area contributed by atoms with Crippen LogP contribution in [0.25, 0.3) is 0 Å². The molecule has 2 aromatic rings. The zero-order chi connectivity index (χ0) is 14.5. The molecule has 0 aliphatic carbocycles. The van der Waals surface area contributed by atoms with Crippen molar-refractivity contribution in [2.24, 2.45) is 4.99 Å². The average molecular weight is 299 g/mol. The third kappa shape index (κ3) is 3.64. The van der Waals surface area contributed by atoms with Crippen molar-refractivity contribution in [1.29, 1.82) is 0 Å². The number of nitrogens with zero attached hydrogens (tertiary/aromatic N) is 2. The summed E-state index contributed by atoms with van der Waals surface area (Å²) < 4.78 is 0. The molecule has 0 saturated carbocycles. The minimum Gasteiger partial charge on any atom is -0.356 e. The summed E-state index contributed by atoms with van der Waals surface area (Å²) >= 11 is 6.01. The van der Waals surface area contributed by atoms with Crippen molar-refractivity contribution in [3.63, 3.8) is 0 Å². The molecule has 0 amide bonds. The van der Waals surface area contributed by atoms with Crippen LogP contribution in [0.3, 0.4) is 0 Å². The summed E-state index contributed by atoms with van der Waals surface area (Å²) in [6.45, 7) is 2.16. The molecule has 1 aliphatic heterocycles. The number of likely N-dealkylation sites (tertiary alicyclic amines) is 1. The lowest BCUT2D eigenvalue weighted by Gasteiger charge is -2.30. The molecule has 3 heteroatoms. The molecule has 1 aliphatic rings. The summed E-state index contributed by atoms with van der Waals surface area (Å²) in [6.07, 6.45) is 3.79. The van der Waals surface area contributed by atoms with Gasteiger partial charge in [0.15, 0.2) is 0 Å². The van der Waals surface area contributed by atoms with E-state index in [1.807, 2.05) is 42.5 Å². The van der Waals surface area contributed by atoms with E-state index in [9.17, 15) is 0 Å². The van der Waals surface area contributed by atoms with Crippen LogP contribution in [0.1, 0.15) is 24.8 Å². The summed E-state index contributed by atoms with van der Waals surface area (Å²) in [5.41, 5.74) is 2.12. The molecule has 21 heavy (non-hydrogen) atoms. The maximum absolute atomic E-state index is 6.01. The van der Waals surface area contributed by atoms with Crippen molar-refractivity contribution in [3.05, 3.63) is 65.2 Å². The normalized spacial score (nSPS) is 16.0. The van der Waals surface area contributed by atoms with Crippen LogP contribution in [0, 0.1) is 0 Å². The third-order valence-corrected chi connectivity index (χ3v) is 4.00. The zero-order valence-corrected chi connectivity index (χ0v) is 12.8. The smallest absolute Gasteiger partial charge is 0.136 e. The van der Waals surface area contributed by atoms with E-state index >= 15 is 0 Å². The molecular formula is C18H19ClN2. The zero-order valence-electron chi connectivity index (χ0n) is 12.0. The minimum atomic E-state index is 0.761. The largest absolute Gasteiger partial charge is 0.356 e. The fraction of sp³-hybridized carbons (Fsp3) is 0.278. The first kappa shape index (κ1) is 14.2. The summed E-state index contributed by atoms with van der Waals surface area (Å²) in [5.74, 6) is 1.05. The van der Waals surface area contributed by atoms with E-state index in [4.69, 9.17) is 16.6 Å². The third-order valence-electron chi connectivity index (χ3n) is 3.75. The molecule has 1 fully saturated rings. The Morgan fingerprint density at radius 2 is 1.52 bits per heavy atom. The molecule has 1 saturated heterocycles. The van der Waals surface area contributed by atoms with E-state index in [0.717, 1.165) is 35.2 Å². The molecule has 108 valence electrons. The van der Waals surface area contributed by atoms with E-state index in [1.54, 1.807) is 0 Å². The molecule has 1 heterocycles. The van der Waals surface area contributed by atoms with Gasteiger partial charge in [0.05, 0.1) is 5.69 Å². The lowest BCUT2D eigenvalue weighted by atomic mass is 10.1. The van der Waals surface area contributed by atoms with E-state index in [-0.39, 0.29) is 0 Å². The Labute approximate surface area is 131 Å². The van der Waals surface area contributed by atoms with Gasteiger partial charge in [-0.3, -0.25) is 0 Å². The standard InChI is InChI=1S/C18H19ClN2/c19-16-11-9-15(10-12-16)18(21-13-5-2-6-14-21)20-17-7-3-1-4-8-17/h1,3-4,7-12H,2,5-6,13-14H2. The number of halogens is 1. The number of hydrogen-bond donors (Lipinski definition) is 0. The Hall–Kier alpha value is -1.80. The van der Waals surface area contributed by atoms with Crippen molar-refractivity contribution in [2.75, 3.05) is 13.1 Å². The highest BCUT2D eigenvalue weighted by Crippen LogP contribution is 2.20. The van der Waals surface area contributed by atoms with Crippen molar-refractivity contribution < 1.29 is 0 Å². The van der Waals surface area contributed by atoms with Crippen molar-refractivity contribution in [3.8, 4) is 0 Å². The molecule has 0 radical (unpaired) electrons. The monoisotopic (exact) mass is 298 g/mol. The highest BCUT2D eigenvalue weighted by atomic mass is 35.5. The first-order valence-corrected chi connectivity index (χ1v) is 7.85. The number of hydrogen-bond acceptors (Lipinski definition) is 1. The van der Waals surface area contributed by atoms with E-state index in [1.165, 1.54) is 19.3 Å². The van der Waals surface area contributed by atoms with Gasteiger partial charge in [-0.2, -0.15) is 0 Å². The molecule has 0 N–H and O–H groups in total. The Kier molecular flexibility index (Phi) is 4.56. The molecule has 0 unspecified atom stereocenters. The van der Waals surface area contributed by atoms with Gasteiger partial charge in [-0.25, -0.2) is 4.99 Å². The summed E-state index contributed by atoms with van der Waals surface area (Å²) in [4.78, 5) is 7.27. The summed E-state index contributed by atoms with van der Waals surface area (Å²) in [5, 5.41) is 0.761. The predicted molar refractivity (Wildman–Crippen MR) is 89.5 cm³/mol. The molecule has 0 atom stereocenters. The SMILES string of the molecule is Clc1ccc(C(=Nc2ccccc2)N2CCCCC2)cc1. The average Bonchev–Trinajstić information content (AvgIpc) is 2.55. The van der Waals surface area contributed by atoms with Crippen molar-refractivity contribution in [2.45, 2.75) is 19.3 Å². The van der Waals surface area contributed by atoms with E-state index in [2.05, 4.69) is 17.0 Å². The van der Waals surface area contributed by atoms with Gasteiger partial charge in [0, 0.05) is 23.7 Å². The van der Waals surface area contributed by atoms with E-state index < -0.39 is 0 Å². The van der Waals surface area contributed by atoms with Gasteiger partial charge in [0.25, 0.3) is 0 Å². The van der Waals surface area contributed by atoms with Gasteiger partial charge in [-0.1, -0.05) is 29.8 Å². The van der Waals surface area contributed by atoms with Gasteiger partial charge in [0.2, 0.25) is 0 Å². The minimum absolute atomic E-state index is 0.761. The van der Waals surface area contributed by atoms with Gasteiger partial charge in [-0.15, -0.1) is 0 Å². The summed E-state index contributed by atoms with van der Waals surface area (Å²) in [6, 6.07) is 18.1. The Balaban J connectivity index is 1.97. The Morgan fingerprint density at radius 1 is 0.857 bits per heavy atom. The van der Waals surface area contributed by atoms with Crippen LogP contribution in [0.2, 0.25) is 5.02 Å². The van der Waals surface area contributed by atoms with Crippen LogP contribution >= 0.6 is 11.6 Å². The molecular weight excluding hydrogens is 280 g/mol. The first-order chi connectivity index (χ1) is 10.3. The topological polar surface area (TPSA) is 15.6 Å². The van der Waals surface area contributed by atoms with Gasteiger partial charge in [-0.05, 0) is 55.7 Å². The van der Waals surface area contributed by atoms with Crippen LogP contribution in [-0.2, 0) is 0 Å². The van der Waals surface area contributed by atoms with Gasteiger partial charge in [0.1, 0.15) is 5.84 Å². The Morgan fingerprint density at radius 3 is 2.19 bits per heavy atom. The predicted octanol–water partition coefficient (Wildman–Crippen LogP) is 4.90. The highest BCUT2D eigenvalue weighted by Gasteiger charge is 2.16. The van der Waals surface area contributed by atoms with Crippen molar-refractivity contribution in [1.82, 2.24) is 4.90 Å². The van der Waals surface area contributed by atoms with Gasteiger partial charge >= 0.3 is 0 Å². The van der Waals surface area contributed by atoms with Crippen LogP contribution < -0.4 is 0 Å². The number of benzene rings is 2. The number of piperidine rings is 1. The second kappa shape index (κ2) is 6.77. The van der Waals surface area contributed by atoms with Gasteiger partial charge < -0.3 is 4.90 Å². The maximum atomic E-state index is 6.01. The number of aliphatic imine (C=N–C) groups is 1. The molecule has 2 aromatic carbocycles. The van der Waals surface area contributed by atoms with Crippen LogP contribution in [-0.4, -0.2) is 23.8 Å². The van der Waals surface area contributed by atoms with E-state index in [0.29, 0.717) is 0 Å². The molecule has 0 aromatic heterocycles. The quantitative estimate of drug-likeness (QED) is 0.568. The van der Waals surface area contributed by atoms with Crippen LogP contribution in [0.4, 0.5) is 5.69 Å². The lowest BCUT2D eigenvalue weighted by Crippen LogP contribution is -2.36. The summed E-state index contributed by atoms with van der Waals surface area (Å²) in [7, 11) is 0. The molecule has 2 nitrogen and oxygen atoms in total. The number of amidine groups is 1. The van der Waals surface area contributed by atoms with Crippen LogP contribution in [0.5, 0.6) is 0 Å². The Bertz CT molecular complexity index is 599. The number of para-hydroxylation sites is 1. The molecule has 0 spiro atoms. The first-order valence-electron chi connectivity index (χ1n) is 7.47. The van der Waals surface area contributed by atoms with Crippen molar-refractivity contribution >= 4 is 23.1 Å². The second-order valence-electron chi connectivity index (χ2n) is 5.33. The van der Waals surface area contributed by atoms with Crippen LogP contribution in [0.15, 0.2) is 59.6 Å². The second-order valence-corrected chi connectivity index (χ2v) is 5.76. The fourth-order valence-corrected chi connectivity index (χ4v) is 2.77. The highest BCUT2D eigenvalue weighted by molar-refractivity contribution is 6.30. The lowest BCUT2D eigenvalue weighted by molar-refractivity contribution is 0.343. The molecule has 3 rings (SSSR count). The fourth-order valence-electron chi connectivity index (χ4n) is 2.65. The molecule has 0 bridgehead atoms. The maximum Gasteiger partial charge on any atom is 0.136 e. The number of rotatable bonds is 2.